The fraction of sp³-hybridized carbons (Fsp3) is 0.188. The van der Waals surface area contributed by atoms with Gasteiger partial charge in [-0.25, -0.2) is 0 Å². The van der Waals surface area contributed by atoms with Gasteiger partial charge < -0.3 is 10.6 Å². The highest BCUT2D eigenvalue weighted by molar-refractivity contribution is 7.80. The highest BCUT2D eigenvalue weighted by Crippen LogP contribution is 2.26. The van der Waals surface area contributed by atoms with Gasteiger partial charge in [-0.3, -0.25) is 0 Å². The molecule has 0 saturated carbocycles. The summed E-state index contributed by atoms with van der Waals surface area (Å²) in [5, 5.41) is 0.754. The first-order valence-electron chi connectivity index (χ1n) is 6.37. The summed E-state index contributed by atoms with van der Waals surface area (Å²) < 4.78 is 0. The molecule has 104 valence electrons. The van der Waals surface area contributed by atoms with Crippen LogP contribution in [0.3, 0.4) is 0 Å². The van der Waals surface area contributed by atoms with E-state index in [1.54, 1.807) is 0 Å². The van der Waals surface area contributed by atoms with E-state index in [2.05, 4.69) is 18.9 Å². The topological polar surface area (TPSA) is 29.3 Å². The molecule has 0 radical (unpaired) electrons. The highest BCUT2D eigenvalue weighted by atomic mass is 35.5. The number of halogens is 1. The van der Waals surface area contributed by atoms with Gasteiger partial charge in [0.1, 0.15) is 4.99 Å². The van der Waals surface area contributed by atoms with E-state index in [4.69, 9.17) is 29.6 Å². The molecule has 0 spiro atoms. The molecule has 2 aromatic rings. The van der Waals surface area contributed by atoms with Crippen molar-refractivity contribution in [3.8, 4) is 0 Å². The first-order valence-corrected chi connectivity index (χ1v) is 7.16. The number of anilines is 1. The lowest BCUT2D eigenvalue weighted by Crippen LogP contribution is -2.21. The molecule has 2 rings (SSSR count). The van der Waals surface area contributed by atoms with Crippen LogP contribution in [0.15, 0.2) is 48.5 Å². The number of rotatable bonds is 4. The van der Waals surface area contributed by atoms with E-state index in [0.717, 1.165) is 16.3 Å². The summed E-state index contributed by atoms with van der Waals surface area (Å²) >= 11 is 10.9. The molecule has 20 heavy (non-hydrogen) atoms. The van der Waals surface area contributed by atoms with Gasteiger partial charge in [-0.1, -0.05) is 36.0 Å². The Morgan fingerprint density at radius 3 is 2.15 bits per heavy atom. The Kier molecular flexibility index (Phi) is 4.63. The second kappa shape index (κ2) is 6.25. The Bertz CT molecular complexity index is 593. The molecule has 2 N–H and O–H groups in total. The molecule has 0 fully saturated rings. The molecule has 0 aliphatic rings. The first kappa shape index (κ1) is 14.8. The maximum absolute atomic E-state index is 5.92. The predicted molar refractivity (Wildman–Crippen MR) is 90.6 cm³/mol. The summed E-state index contributed by atoms with van der Waals surface area (Å²) in [4.78, 5) is 2.62. The summed E-state index contributed by atoms with van der Waals surface area (Å²) in [6.45, 7) is 2.16. The number of nitrogens with zero attached hydrogens (tertiary/aromatic N) is 1. The lowest BCUT2D eigenvalue weighted by molar-refractivity contribution is 0.740. The van der Waals surface area contributed by atoms with Crippen LogP contribution in [0, 0.1) is 0 Å². The molecule has 4 heteroatoms. The van der Waals surface area contributed by atoms with Crippen LogP contribution < -0.4 is 10.6 Å². The Hall–Kier alpha value is -1.58. The van der Waals surface area contributed by atoms with Crippen molar-refractivity contribution in [2.75, 3.05) is 11.9 Å². The zero-order valence-electron chi connectivity index (χ0n) is 11.5. The Morgan fingerprint density at radius 2 is 1.65 bits per heavy atom. The van der Waals surface area contributed by atoms with Crippen molar-refractivity contribution in [3.63, 3.8) is 0 Å². The number of nitrogens with two attached hydrogens (primary N) is 1. The van der Waals surface area contributed by atoms with Gasteiger partial charge in [0, 0.05) is 23.3 Å². The molecule has 0 aromatic heterocycles. The van der Waals surface area contributed by atoms with Gasteiger partial charge in [0.05, 0.1) is 6.04 Å². The summed E-state index contributed by atoms with van der Waals surface area (Å²) in [6.07, 6.45) is 0. The third kappa shape index (κ3) is 3.30. The predicted octanol–water partition coefficient (Wildman–Crippen LogP) is 4.17. The fourth-order valence-corrected chi connectivity index (χ4v) is 2.31. The number of benzene rings is 2. The molecule has 0 aliphatic heterocycles. The van der Waals surface area contributed by atoms with Crippen LogP contribution >= 0.6 is 23.8 Å². The van der Waals surface area contributed by atoms with Crippen LogP contribution in [0.1, 0.15) is 24.1 Å². The van der Waals surface area contributed by atoms with Crippen molar-refractivity contribution in [3.05, 3.63) is 64.7 Å². The minimum atomic E-state index is 0.253. The minimum Gasteiger partial charge on any atom is -0.389 e. The van der Waals surface area contributed by atoms with E-state index in [1.807, 2.05) is 48.5 Å². The Balaban J connectivity index is 2.19. The standard InChI is InChI=1S/C16H17ClN2S/c1-11(12-3-7-14(17)8-4-12)19(2)15-9-5-13(6-10-15)16(18)20/h3-11H,1-2H3,(H2,18,20). The molecule has 0 aliphatic carbocycles. The van der Waals surface area contributed by atoms with Crippen molar-refractivity contribution in [1.29, 1.82) is 0 Å². The summed E-state index contributed by atoms with van der Waals surface area (Å²) in [7, 11) is 2.06. The van der Waals surface area contributed by atoms with Crippen LogP contribution in [-0.2, 0) is 0 Å². The van der Waals surface area contributed by atoms with Crippen LogP contribution in [0.25, 0.3) is 0 Å². The van der Waals surface area contributed by atoms with E-state index in [9.17, 15) is 0 Å². The molecular formula is C16H17ClN2S. The minimum absolute atomic E-state index is 0.253. The zero-order valence-corrected chi connectivity index (χ0v) is 13.1. The van der Waals surface area contributed by atoms with E-state index in [-0.39, 0.29) is 6.04 Å². The van der Waals surface area contributed by atoms with E-state index >= 15 is 0 Å². The number of hydrogen-bond donors (Lipinski definition) is 1. The maximum Gasteiger partial charge on any atom is 0.103 e. The van der Waals surface area contributed by atoms with Crippen molar-refractivity contribution >= 4 is 34.5 Å². The third-order valence-electron chi connectivity index (χ3n) is 3.49. The van der Waals surface area contributed by atoms with Gasteiger partial charge in [0.25, 0.3) is 0 Å². The van der Waals surface area contributed by atoms with E-state index in [0.29, 0.717) is 4.99 Å². The summed E-state index contributed by atoms with van der Waals surface area (Å²) in [6, 6.07) is 16.1. The van der Waals surface area contributed by atoms with Gasteiger partial charge in [-0.15, -0.1) is 0 Å². The van der Waals surface area contributed by atoms with Gasteiger partial charge in [-0.2, -0.15) is 0 Å². The van der Waals surface area contributed by atoms with Gasteiger partial charge in [-0.05, 0) is 48.9 Å². The lowest BCUT2D eigenvalue weighted by atomic mass is 10.1. The Morgan fingerprint density at radius 1 is 1.10 bits per heavy atom. The first-order chi connectivity index (χ1) is 9.49. The highest BCUT2D eigenvalue weighted by Gasteiger charge is 2.12. The monoisotopic (exact) mass is 304 g/mol. The molecule has 0 saturated heterocycles. The van der Waals surface area contributed by atoms with E-state index < -0.39 is 0 Å². The smallest absolute Gasteiger partial charge is 0.103 e. The van der Waals surface area contributed by atoms with Crippen LogP contribution in [0.5, 0.6) is 0 Å². The Labute approximate surface area is 130 Å². The van der Waals surface area contributed by atoms with Crippen molar-refractivity contribution < 1.29 is 0 Å². The molecule has 2 aromatic carbocycles. The van der Waals surface area contributed by atoms with E-state index in [1.165, 1.54) is 5.56 Å². The van der Waals surface area contributed by atoms with Gasteiger partial charge in [0.2, 0.25) is 0 Å². The van der Waals surface area contributed by atoms with Gasteiger partial charge >= 0.3 is 0 Å². The molecule has 0 bridgehead atoms. The van der Waals surface area contributed by atoms with Crippen molar-refractivity contribution in [2.45, 2.75) is 13.0 Å². The van der Waals surface area contributed by atoms with Gasteiger partial charge in [0.15, 0.2) is 0 Å². The quantitative estimate of drug-likeness (QED) is 0.860. The molecule has 2 nitrogen and oxygen atoms in total. The second-order valence-corrected chi connectivity index (χ2v) is 5.63. The average Bonchev–Trinajstić information content (AvgIpc) is 2.46. The third-order valence-corrected chi connectivity index (χ3v) is 3.98. The van der Waals surface area contributed by atoms with Crippen molar-refractivity contribution in [2.24, 2.45) is 5.73 Å². The molecule has 0 heterocycles. The molecule has 1 unspecified atom stereocenters. The zero-order chi connectivity index (χ0) is 14.7. The maximum atomic E-state index is 5.92. The number of thiocarbonyl (C=S) groups is 1. The SMILES string of the molecule is CC(c1ccc(Cl)cc1)N(C)c1ccc(C(N)=S)cc1. The fourth-order valence-electron chi connectivity index (χ4n) is 2.05. The number of hydrogen-bond acceptors (Lipinski definition) is 2. The van der Waals surface area contributed by atoms with Crippen LogP contribution in [0.2, 0.25) is 5.02 Å². The lowest BCUT2D eigenvalue weighted by Gasteiger charge is -2.27. The summed E-state index contributed by atoms with van der Waals surface area (Å²) in [5.41, 5.74) is 8.83. The largest absolute Gasteiger partial charge is 0.389 e. The van der Waals surface area contributed by atoms with Crippen molar-refractivity contribution in [1.82, 2.24) is 0 Å². The molecule has 1 atom stereocenters. The average molecular weight is 305 g/mol. The molecular weight excluding hydrogens is 288 g/mol. The second-order valence-electron chi connectivity index (χ2n) is 4.75. The summed E-state index contributed by atoms with van der Waals surface area (Å²) in [5.74, 6) is 0. The normalized spacial score (nSPS) is 11.9. The van der Waals surface area contributed by atoms with Crippen LogP contribution in [-0.4, -0.2) is 12.0 Å². The van der Waals surface area contributed by atoms with Crippen LogP contribution in [0.4, 0.5) is 5.69 Å². The molecule has 0 amide bonds.